The fourth-order valence-corrected chi connectivity index (χ4v) is 2.19. The first-order valence-corrected chi connectivity index (χ1v) is 7.16. The quantitative estimate of drug-likeness (QED) is 0.768. The van der Waals surface area contributed by atoms with Gasteiger partial charge in [-0.25, -0.2) is 4.39 Å². The lowest BCUT2D eigenvalue weighted by molar-refractivity contribution is -0.145. The van der Waals surface area contributed by atoms with Crippen molar-refractivity contribution in [3.8, 4) is 0 Å². The van der Waals surface area contributed by atoms with Crippen LogP contribution in [0.25, 0.3) is 0 Å². The van der Waals surface area contributed by atoms with E-state index in [4.69, 9.17) is 9.15 Å². The molecule has 1 heterocycles. The van der Waals surface area contributed by atoms with Gasteiger partial charge in [0.05, 0.1) is 25.8 Å². The Kier molecular flexibility index (Phi) is 5.51. The van der Waals surface area contributed by atoms with Gasteiger partial charge in [-0.3, -0.25) is 9.59 Å². The maximum Gasteiger partial charge on any atom is 0.310 e. The van der Waals surface area contributed by atoms with Gasteiger partial charge in [0, 0.05) is 12.1 Å². The van der Waals surface area contributed by atoms with E-state index in [1.54, 1.807) is 19.1 Å². The summed E-state index contributed by atoms with van der Waals surface area (Å²) in [5.74, 6) is -1.02. The van der Waals surface area contributed by atoms with Gasteiger partial charge in [0.15, 0.2) is 0 Å². The molecule has 1 aromatic heterocycles. The highest BCUT2D eigenvalue weighted by atomic mass is 19.1. The number of halogens is 1. The number of carbonyl (C=O) groups excluding carboxylic acids is 2. The number of nitrogens with zero attached hydrogens (tertiary/aromatic N) is 1. The van der Waals surface area contributed by atoms with Crippen molar-refractivity contribution in [3.05, 3.63) is 59.8 Å². The topological polar surface area (TPSA) is 59.8 Å². The smallest absolute Gasteiger partial charge is 0.310 e. The van der Waals surface area contributed by atoms with E-state index in [1.165, 1.54) is 42.5 Å². The lowest BCUT2D eigenvalue weighted by Crippen LogP contribution is -2.36. The van der Waals surface area contributed by atoms with Gasteiger partial charge in [0.2, 0.25) is 0 Å². The van der Waals surface area contributed by atoms with Crippen LogP contribution in [-0.2, 0) is 16.1 Å². The van der Waals surface area contributed by atoms with Crippen molar-refractivity contribution in [2.75, 3.05) is 13.7 Å². The molecule has 0 spiro atoms. The van der Waals surface area contributed by atoms with Crippen LogP contribution in [-0.4, -0.2) is 30.4 Å². The highest BCUT2D eigenvalue weighted by Crippen LogP contribution is 2.14. The first-order chi connectivity index (χ1) is 11.0. The molecular formula is C17H18FNO4. The largest absolute Gasteiger partial charge is 0.469 e. The fraction of sp³-hybridized carbons (Fsp3) is 0.294. The van der Waals surface area contributed by atoms with Gasteiger partial charge in [-0.05, 0) is 36.4 Å². The zero-order valence-corrected chi connectivity index (χ0v) is 13.0. The molecule has 0 aliphatic heterocycles. The number of benzene rings is 1. The Labute approximate surface area is 133 Å². The van der Waals surface area contributed by atoms with E-state index in [2.05, 4.69) is 0 Å². The molecule has 0 aliphatic carbocycles. The Hall–Kier alpha value is -2.63. The SMILES string of the molecule is COC(=O)C(C)CN(Cc1ccco1)C(=O)c1ccc(F)cc1. The average Bonchev–Trinajstić information content (AvgIpc) is 3.06. The molecular weight excluding hydrogens is 301 g/mol. The van der Waals surface area contributed by atoms with Crippen molar-refractivity contribution in [1.29, 1.82) is 0 Å². The molecule has 122 valence electrons. The number of furan rings is 1. The van der Waals surface area contributed by atoms with Crippen molar-refractivity contribution in [1.82, 2.24) is 4.90 Å². The minimum Gasteiger partial charge on any atom is -0.469 e. The molecule has 1 amide bonds. The fourth-order valence-electron chi connectivity index (χ4n) is 2.19. The van der Waals surface area contributed by atoms with Crippen LogP contribution in [0.5, 0.6) is 0 Å². The molecule has 1 unspecified atom stereocenters. The third kappa shape index (κ3) is 4.42. The molecule has 0 saturated heterocycles. The maximum absolute atomic E-state index is 13.0. The molecule has 0 aliphatic rings. The second-order valence-electron chi connectivity index (χ2n) is 5.20. The first kappa shape index (κ1) is 16.7. The Morgan fingerprint density at radius 3 is 2.52 bits per heavy atom. The summed E-state index contributed by atoms with van der Waals surface area (Å²) < 4.78 is 23.0. The lowest BCUT2D eigenvalue weighted by atomic mass is 10.1. The van der Waals surface area contributed by atoms with Gasteiger partial charge in [-0.2, -0.15) is 0 Å². The van der Waals surface area contributed by atoms with Crippen molar-refractivity contribution in [2.45, 2.75) is 13.5 Å². The van der Waals surface area contributed by atoms with Gasteiger partial charge < -0.3 is 14.1 Å². The summed E-state index contributed by atoms with van der Waals surface area (Å²) in [5, 5.41) is 0. The molecule has 0 saturated carbocycles. The van der Waals surface area contributed by atoms with Gasteiger partial charge in [-0.1, -0.05) is 6.92 Å². The summed E-state index contributed by atoms with van der Waals surface area (Å²) in [7, 11) is 1.30. The summed E-state index contributed by atoms with van der Waals surface area (Å²) in [6.07, 6.45) is 1.51. The normalized spacial score (nSPS) is 11.8. The number of amides is 1. The van der Waals surface area contributed by atoms with Crippen LogP contribution in [0.2, 0.25) is 0 Å². The van der Waals surface area contributed by atoms with E-state index < -0.39 is 17.7 Å². The minimum atomic E-state index is -0.487. The number of hydrogen-bond acceptors (Lipinski definition) is 4. The number of rotatable bonds is 6. The highest BCUT2D eigenvalue weighted by Gasteiger charge is 2.23. The molecule has 0 bridgehead atoms. The van der Waals surface area contributed by atoms with E-state index in [0.29, 0.717) is 11.3 Å². The van der Waals surface area contributed by atoms with Crippen LogP contribution in [0.15, 0.2) is 47.1 Å². The molecule has 1 aromatic carbocycles. The number of carbonyl (C=O) groups is 2. The molecule has 0 N–H and O–H groups in total. The number of esters is 1. The summed E-state index contributed by atoms with van der Waals surface area (Å²) in [4.78, 5) is 25.7. The Balaban J connectivity index is 2.19. The van der Waals surface area contributed by atoms with Crippen molar-refractivity contribution in [2.24, 2.45) is 5.92 Å². The monoisotopic (exact) mass is 319 g/mol. The van der Waals surface area contributed by atoms with Crippen LogP contribution >= 0.6 is 0 Å². The van der Waals surface area contributed by atoms with E-state index in [-0.39, 0.29) is 19.0 Å². The minimum absolute atomic E-state index is 0.170. The average molecular weight is 319 g/mol. The molecule has 2 rings (SSSR count). The van der Waals surface area contributed by atoms with E-state index in [1.807, 2.05) is 0 Å². The molecule has 2 aromatic rings. The zero-order chi connectivity index (χ0) is 16.8. The van der Waals surface area contributed by atoms with Crippen LogP contribution in [0.3, 0.4) is 0 Å². The van der Waals surface area contributed by atoms with Gasteiger partial charge >= 0.3 is 5.97 Å². The Morgan fingerprint density at radius 2 is 1.96 bits per heavy atom. The summed E-state index contributed by atoms with van der Waals surface area (Å²) >= 11 is 0. The van der Waals surface area contributed by atoms with Crippen LogP contribution in [0, 0.1) is 11.7 Å². The molecule has 0 fully saturated rings. The van der Waals surface area contributed by atoms with Gasteiger partial charge in [0.25, 0.3) is 5.91 Å². The number of methoxy groups -OCH3 is 1. The lowest BCUT2D eigenvalue weighted by Gasteiger charge is -2.24. The number of hydrogen-bond donors (Lipinski definition) is 0. The highest BCUT2D eigenvalue weighted by molar-refractivity contribution is 5.94. The third-order valence-electron chi connectivity index (χ3n) is 3.40. The zero-order valence-electron chi connectivity index (χ0n) is 13.0. The predicted molar refractivity (Wildman–Crippen MR) is 81.0 cm³/mol. The van der Waals surface area contributed by atoms with Crippen LogP contribution < -0.4 is 0 Å². The maximum atomic E-state index is 13.0. The Morgan fingerprint density at radius 1 is 1.26 bits per heavy atom. The van der Waals surface area contributed by atoms with Crippen LogP contribution in [0.4, 0.5) is 4.39 Å². The van der Waals surface area contributed by atoms with Crippen molar-refractivity contribution >= 4 is 11.9 Å². The molecule has 0 radical (unpaired) electrons. The first-order valence-electron chi connectivity index (χ1n) is 7.16. The van der Waals surface area contributed by atoms with Crippen LogP contribution in [0.1, 0.15) is 23.0 Å². The summed E-state index contributed by atoms with van der Waals surface area (Å²) in [6.45, 7) is 2.06. The number of ether oxygens (including phenoxy) is 1. The van der Waals surface area contributed by atoms with E-state index in [0.717, 1.165) is 0 Å². The third-order valence-corrected chi connectivity index (χ3v) is 3.40. The van der Waals surface area contributed by atoms with Gasteiger partial charge in [0.1, 0.15) is 11.6 Å². The van der Waals surface area contributed by atoms with E-state index in [9.17, 15) is 14.0 Å². The molecule has 6 heteroatoms. The van der Waals surface area contributed by atoms with Crippen molar-refractivity contribution in [3.63, 3.8) is 0 Å². The van der Waals surface area contributed by atoms with Gasteiger partial charge in [-0.15, -0.1) is 0 Å². The van der Waals surface area contributed by atoms with E-state index >= 15 is 0 Å². The summed E-state index contributed by atoms with van der Waals surface area (Å²) in [6, 6.07) is 8.74. The second-order valence-corrected chi connectivity index (χ2v) is 5.20. The summed E-state index contributed by atoms with van der Waals surface area (Å²) in [5.41, 5.74) is 0.343. The molecule has 5 nitrogen and oxygen atoms in total. The van der Waals surface area contributed by atoms with Crippen molar-refractivity contribution < 1.29 is 23.1 Å². The standard InChI is InChI=1S/C17H18FNO4/c1-12(17(21)22-2)10-19(11-15-4-3-9-23-15)16(20)13-5-7-14(18)8-6-13/h3-9,12H,10-11H2,1-2H3. The molecule has 1 atom stereocenters. The second kappa shape index (κ2) is 7.58. The molecule has 23 heavy (non-hydrogen) atoms. The Bertz CT molecular complexity index is 652. The predicted octanol–water partition coefficient (Wildman–Crippen LogP) is 2.87.